The SMILES string of the molecule is COc1ccc([C@H](CCC(=O)OC(C)(C)C)C(=O)N2C(=O)OC[C@@H]2Cc2ccccc2)cc1C. The van der Waals surface area contributed by atoms with E-state index in [-0.39, 0.29) is 31.3 Å². The summed E-state index contributed by atoms with van der Waals surface area (Å²) in [5.41, 5.74) is 1.96. The molecule has 7 nitrogen and oxygen atoms in total. The summed E-state index contributed by atoms with van der Waals surface area (Å²) in [4.78, 5) is 40.0. The number of aryl methyl sites for hydroxylation is 1. The number of hydrogen-bond acceptors (Lipinski definition) is 6. The summed E-state index contributed by atoms with van der Waals surface area (Å²) in [6.45, 7) is 7.43. The zero-order chi connectivity index (χ0) is 24.9. The summed E-state index contributed by atoms with van der Waals surface area (Å²) in [7, 11) is 1.58. The van der Waals surface area contributed by atoms with Gasteiger partial charge in [0.1, 0.15) is 18.0 Å². The molecule has 2 aromatic carbocycles. The van der Waals surface area contributed by atoms with Crippen LogP contribution in [-0.4, -0.2) is 48.2 Å². The zero-order valence-corrected chi connectivity index (χ0v) is 20.5. The van der Waals surface area contributed by atoms with E-state index in [1.807, 2.05) is 43.3 Å². The molecule has 0 unspecified atom stereocenters. The first-order chi connectivity index (χ1) is 16.1. The average Bonchev–Trinajstić information content (AvgIpc) is 3.13. The lowest BCUT2D eigenvalue weighted by Gasteiger charge is -2.26. The second kappa shape index (κ2) is 10.7. The summed E-state index contributed by atoms with van der Waals surface area (Å²) < 4.78 is 16.0. The third kappa shape index (κ3) is 6.37. The van der Waals surface area contributed by atoms with E-state index in [0.29, 0.717) is 17.7 Å². The molecule has 0 aromatic heterocycles. The number of amides is 2. The Morgan fingerprint density at radius 1 is 1.15 bits per heavy atom. The van der Waals surface area contributed by atoms with Gasteiger partial charge in [0.05, 0.1) is 19.1 Å². The molecule has 0 saturated carbocycles. The highest BCUT2D eigenvalue weighted by Gasteiger charge is 2.41. The molecular formula is C27H33NO6. The second-order valence-corrected chi connectivity index (χ2v) is 9.54. The molecule has 2 aromatic rings. The smallest absolute Gasteiger partial charge is 0.417 e. The van der Waals surface area contributed by atoms with Crippen LogP contribution in [0.15, 0.2) is 48.5 Å². The zero-order valence-electron chi connectivity index (χ0n) is 20.5. The monoisotopic (exact) mass is 467 g/mol. The topological polar surface area (TPSA) is 82.1 Å². The summed E-state index contributed by atoms with van der Waals surface area (Å²) in [5, 5.41) is 0. The van der Waals surface area contributed by atoms with Gasteiger partial charge in [-0.2, -0.15) is 0 Å². The minimum absolute atomic E-state index is 0.0466. The average molecular weight is 468 g/mol. The summed E-state index contributed by atoms with van der Waals surface area (Å²) in [6, 6.07) is 14.7. The quantitative estimate of drug-likeness (QED) is 0.519. The molecule has 2 amide bonds. The van der Waals surface area contributed by atoms with Gasteiger partial charge >= 0.3 is 12.1 Å². The maximum Gasteiger partial charge on any atom is 0.417 e. The van der Waals surface area contributed by atoms with Crippen molar-refractivity contribution in [3.8, 4) is 5.75 Å². The molecule has 0 aliphatic carbocycles. The normalized spacial score (nSPS) is 16.7. The Balaban J connectivity index is 1.87. The van der Waals surface area contributed by atoms with Gasteiger partial charge < -0.3 is 14.2 Å². The van der Waals surface area contributed by atoms with Gasteiger partial charge in [0.2, 0.25) is 5.91 Å². The Labute approximate surface area is 201 Å². The fraction of sp³-hybridized carbons (Fsp3) is 0.444. The van der Waals surface area contributed by atoms with E-state index in [2.05, 4.69) is 0 Å². The van der Waals surface area contributed by atoms with E-state index < -0.39 is 23.7 Å². The van der Waals surface area contributed by atoms with Crippen molar-refractivity contribution in [2.45, 2.75) is 64.5 Å². The number of hydrogen-bond donors (Lipinski definition) is 0. The Morgan fingerprint density at radius 2 is 1.85 bits per heavy atom. The number of rotatable bonds is 8. The molecule has 0 N–H and O–H groups in total. The van der Waals surface area contributed by atoms with Gasteiger partial charge in [-0.25, -0.2) is 9.69 Å². The minimum atomic E-state index is -0.707. The first kappa shape index (κ1) is 25.3. The van der Waals surface area contributed by atoms with E-state index in [1.54, 1.807) is 40.0 Å². The highest BCUT2D eigenvalue weighted by Crippen LogP contribution is 2.31. The van der Waals surface area contributed by atoms with Crippen LogP contribution in [0.1, 0.15) is 56.2 Å². The van der Waals surface area contributed by atoms with Gasteiger partial charge in [0.25, 0.3) is 0 Å². The van der Waals surface area contributed by atoms with Gasteiger partial charge in [-0.1, -0.05) is 42.5 Å². The third-order valence-electron chi connectivity index (χ3n) is 5.69. The van der Waals surface area contributed by atoms with Gasteiger partial charge in [-0.15, -0.1) is 0 Å². The van der Waals surface area contributed by atoms with Gasteiger partial charge in [0.15, 0.2) is 0 Å². The predicted molar refractivity (Wildman–Crippen MR) is 128 cm³/mol. The van der Waals surface area contributed by atoms with E-state index in [9.17, 15) is 14.4 Å². The van der Waals surface area contributed by atoms with Crippen LogP contribution >= 0.6 is 0 Å². The fourth-order valence-corrected chi connectivity index (χ4v) is 4.14. The minimum Gasteiger partial charge on any atom is -0.496 e. The van der Waals surface area contributed by atoms with Crippen molar-refractivity contribution < 1.29 is 28.6 Å². The lowest BCUT2D eigenvalue weighted by Crippen LogP contribution is -2.43. The van der Waals surface area contributed by atoms with Crippen molar-refractivity contribution in [1.82, 2.24) is 4.90 Å². The molecule has 1 saturated heterocycles. The highest BCUT2D eigenvalue weighted by atomic mass is 16.6. The standard InChI is InChI=1S/C27H33NO6/c1-18-15-20(11-13-23(18)32-5)22(12-14-24(29)34-27(2,3)4)25(30)28-21(17-33-26(28)31)16-19-9-7-6-8-10-19/h6-11,13,15,21-22H,12,14,16-17H2,1-5H3/t21-,22-/m0/s1. The van der Waals surface area contributed by atoms with Crippen LogP contribution in [0.3, 0.4) is 0 Å². The molecule has 7 heteroatoms. The Morgan fingerprint density at radius 3 is 2.47 bits per heavy atom. The molecule has 34 heavy (non-hydrogen) atoms. The predicted octanol–water partition coefficient (Wildman–Crippen LogP) is 4.80. The Hall–Kier alpha value is -3.35. The van der Waals surface area contributed by atoms with E-state index in [1.165, 1.54) is 4.90 Å². The maximum atomic E-state index is 13.8. The van der Waals surface area contributed by atoms with Crippen molar-refractivity contribution in [3.05, 3.63) is 65.2 Å². The van der Waals surface area contributed by atoms with Crippen molar-refractivity contribution >= 4 is 18.0 Å². The summed E-state index contributed by atoms with van der Waals surface area (Å²) in [5.74, 6) is -0.775. The largest absolute Gasteiger partial charge is 0.496 e. The van der Waals surface area contributed by atoms with E-state index in [4.69, 9.17) is 14.2 Å². The van der Waals surface area contributed by atoms with Gasteiger partial charge in [-0.05, 0) is 63.3 Å². The Kier molecular flexibility index (Phi) is 7.97. The number of imide groups is 1. The molecule has 0 bridgehead atoms. The molecule has 3 rings (SSSR count). The van der Waals surface area contributed by atoms with E-state index in [0.717, 1.165) is 11.1 Å². The molecule has 1 aliphatic heterocycles. The third-order valence-corrected chi connectivity index (χ3v) is 5.69. The highest BCUT2D eigenvalue weighted by molar-refractivity contribution is 5.97. The molecule has 0 spiro atoms. The van der Waals surface area contributed by atoms with Gasteiger partial charge in [-0.3, -0.25) is 9.59 Å². The number of ether oxygens (including phenoxy) is 3. The van der Waals surface area contributed by atoms with Gasteiger partial charge in [0, 0.05) is 6.42 Å². The van der Waals surface area contributed by atoms with Crippen LogP contribution in [0.25, 0.3) is 0 Å². The number of nitrogens with zero attached hydrogens (tertiary/aromatic N) is 1. The fourth-order valence-electron chi connectivity index (χ4n) is 4.14. The van der Waals surface area contributed by atoms with Crippen molar-refractivity contribution in [1.29, 1.82) is 0 Å². The lowest BCUT2D eigenvalue weighted by molar-refractivity contribution is -0.155. The maximum absolute atomic E-state index is 13.8. The molecule has 2 atom stereocenters. The van der Waals surface area contributed by atoms with Crippen LogP contribution in [0, 0.1) is 6.92 Å². The summed E-state index contributed by atoms with van der Waals surface area (Å²) >= 11 is 0. The number of benzene rings is 2. The number of esters is 1. The number of cyclic esters (lactones) is 1. The number of carbonyl (C=O) groups is 3. The number of methoxy groups -OCH3 is 1. The lowest BCUT2D eigenvalue weighted by atomic mass is 9.90. The number of carbonyl (C=O) groups excluding carboxylic acids is 3. The molecule has 0 radical (unpaired) electrons. The first-order valence-corrected chi connectivity index (χ1v) is 11.5. The van der Waals surface area contributed by atoms with Crippen LogP contribution in [0.2, 0.25) is 0 Å². The van der Waals surface area contributed by atoms with Crippen LogP contribution in [-0.2, 0) is 25.5 Å². The van der Waals surface area contributed by atoms with Crippen molar-refractivity contribution in [2.75, 3.05) is 13.7 Å². The molecule has 1 fully saturated rings. The molecular weight excluding hydrogens is 434 g/mol. The van der Waals surface area contributed by atoms with Crippen molar-refractivity contribution in [2.24, 2.45) is 0 Å². The molecule has 1 heterocycles. The summed E-state index contributed by atoms with van der Waals surface area (Å²) in [6.07, 6.45) is 0.101. The van der Waals surface area contributed by atoms with Crippen LogP contribution in [0.4, 0.5) is 4.79 Å². The van der Waals surface area contributed by atoms with E-state index >= 15 is 0 Å². The molecule has 1 aliphatic rings. The van der Waals surface area contributed by atoms with Crippen LogP contribution < -0.4 is 4.74 Å². The van der Waals surface area contributed by atoms with Crippen molar-refractivity contribution in [3.63, 3.8) is 0 Å². The first-order valence-electron chi connectivity index (χ1n) is 11.5. The van der Waals surface area contributed by atoms with Crippen LogP contribution in [0.5, 0.6) is 5.75 Å². The second-order valence-electron chi connectivity index (χ2n) is 9.54. The Bertz CT molecular complexity index is 1030. The molecule has 182 valence electrons.